The van der Waals surface area contributed by atoms with Crippen molar-refractivity contribution in [3.05, 3.63) is 77.9 Å². The molecule has 2 aliphatic heterocycles. The van der Waals surface area contributed by atoms with Crippen LogP contribution in [0.1, 0.15) is 5.56 Å². The fourth-order valence-corrected chi connectivity index (χ4v) is 4.05. The molecule has 0 unspecified atom stereocenters. The Balaban J connectivity index is 1.32. The molecule has 0 aromatic heterocycles. The predicted octanol–water partition coefficient (Wildman–Crippen LogP) is 4.10. The Labute approximate surface area is 178 Å². The van der Waals surface area contributed by atoms with Crippen molar-refractivity contribution in [3.63, 3.8) is 0 Å². The molecule has 31 heavy (non-hydrogen) atoms. The molecule has 1 fully saturated rings. The van der Waals surface area contributed by atoms with Gasteiger partial charge in [-0.1, -0.05) is 30.3 Å². The number of hydrogen-bond acceptors (Lipinski definition) is 6. The van der Waals surface area contributed by atoms with Crippen LogP contribution in [0.4, 0.5) is 31.5 Å². The van der Waals surface area contributed by atoms with Gasteiger partial charge in [0.05, 0.1) is 24.1 Å². The zero-order chi connectivity index (χ0) is 21.4. The molecule has 0 aliphatic carbocycles. The largest absolute Gasteiger partial charge is 0.503 e. The lowest BCUT2D eigenvalue weighted by molar-refractivity contribution is 0.0411. The minimum absolute atomic E-state index is 0.0425. The first-order valence-corrected chi connectivity index (χ1v) is 10.1. The highest BCUT2D eigenvalue weighted by atomic mass is 19.1. The van der Waals surface area contributed by atoms with E-state index in [0.717, 1.165) is 31.3 Å². The number of fused-ring (bicyclic) bond motifs is 1. The number of rotatable bonds is 4. The maximum Gasteiger partial charge on any atom is 0.195 e. The second kappa shape index (κ2) is 8.05. The fraction of sp³-hybridized carbons (Fsp3) is 0.217. The summed E-state index contributed by atoms with van der Waals surface area (Å²) in [6.07, 6.45) is 0.966. The Kier molecular flexibility index (Phi) is 5.09. The maximum absolute atomic E-state index is 14.5. The van der Waals surface area contributed by atoms with Crippen molar-refractivity contribution < 1.29 is 18.6 Å². The molecule has 0 radical (unpaired) electrons. The van der Waals surface area contributed by atoms with E-state index in [2.05, 4.69) is 28.0 Å². The van der Waals surface area contributed by atoms with Gasteiger partial charge in [0.2, 0.25) is 0 Å². The Morgan fingerprint density at radius 2 is 1.77 bits per heavy atom. The van der Waals surface area contributed by atoms with Gasteiger partial charge in [-0.2, -0.15) is 0 Å². The summed E-state index contributed by atoms with van der Waals surface area (Å²) in [4.78, 5) is 2.27. The number of phenolic OH excluding ortho intramolecular Hbond substituents is 1. The summed E-state index contributed by atoms with van der Waals surface area (Å²) in [6, 6.07) is 18.9. The van der Waals surface area contributed by atoms with Crippen LogP contribution in [-0.4, -0.2) is 30.9 Å². The smallest absolute Gasteiger partial charge is 0.195 e. The molecule has 3 aromatic rings. The number of phenols is 1. The van der Waals surface area contributed by atoms with Gasteiger partial charge in [0.1, 0.15) is 5.69 Å². The Morgan fingerprint density at radius 1 is 1.03 bits per heavy atom. The van der Waals surface area contributed by atoms with Crippen molar-refractivity contribution in [2.75, 3.05) is 35.0 Å². The Hall–Kier alpha value is -3.36. The van der Waals surface area contributed by atoms with E-state index in [-0.39, 0.29) is 17.5 Å². The molecule has 8 heteroatoms. The number of aromatic hydroxyl groups is 1. The number of nitrogens with zero attached hydrogens (tertiary/aromatic N) is 2. The fourth-order valence-electron chi connectivity index (χ4n) is 4.05. The zero-order valence-corrected chi connectivity index (χ0v) is 16.7. The summed E-state index contributed by atoms with van der Waals surface area (Å²) in [6.45, 7) is 2.22. The average molecular weight is 424 g/mol. The highest BCUT2D eigenvalue weighted by molar-refractivity contribution is 5.81. The van der Waals surface area contributed by atoms with Crippen molar-refractivity contribution in [1.29, 1.82) is 0 Å². The number of halogens is 2. The van der Waals surface area contributed by atoms with Crippen molar-refractivity contribution in [2.45, 2.75) is 12.5 Å². The Morgan fingerprint density at radius 3 is 2.55 bits per heavy atom. The summed E-state index contributed by atoms with van der Waals surface area (Å²) in [5.74, 6) is -3.03. The van der Waals surface area contributed by atoms with Crippen LogP contribution in [0.25, 0.3) is 0 Å². The molecule has 1 saturated heterocycles. The van der Waals surface area contributed by atoms with Gasteiger partial charge in [0.15, 0.2) is 17.4 Å². The zero-order valence-electron chi connectivity index (χ0n) is 16.7. The molecule has 0 spiro atoms. The van der Waals surface area contributed by atoms with E-state index in [1.165, 1.54) is 10.6 Å². The molecule has 0 amide bonds. The van der Waals surface area contributed by atoms with Gasteiger partial charge >= 0.3 is 0 Å². The second-order valence-corrected chi connectivity index (χ2v) is 7.63. The lowest BCUT2D eigenvalue weighted by atomic mass is 10.1. The maximum atomic E-state index is 14.5. The van der Waals surface area contributed by atoms with E-state index in [0.29, 0.717) is 12.3 Å². The van der Waals surface area contributed by atoms with Crippen molar-refractivity contribution >= 4 is 22.7 Å². The molecule has 3 N–H and O–H groups in total. The van der Waals surface area contributed by atoms with Crippen LogP contribution < -0.4 is 20.9 Å². The van der Waals surface area contributed by atoms with Crippen LogP contribution in [0, 0.1) is 11.6 Å². The summed E-state index contributed by atoms with van der Waals surface area (Å²) in [5, 5.41) is 11.1. The van der Waals surface area contributed by atoms with Crippen LogP contribution >= 0.6 is 0 Å². The second-order valence-electron chi connectivity index (χ2n) is 7.63. The third-order valence-corrected chi connectivity index (χ3v) is 5.61. The van der Waals surface area contributed by atoms with Gasteiger partial charge in [-0.15, -0.1) is 5.53 Å². The van der Waals surface area contributed by atoms with Crippen LogP contribution in [0.2, 0.25) is 0 Å². The van der Waals surface area contributed by atoms with Crippen molar-refractivity contribution in [1.82, 2.24) is 5.53 Å². The van der Waals surface area contributed by atoms with Crippen LogP contribution in [0.15, 0.2) is 60.7 Å². The number of morpholine rings is 1. The summed E-state index contributed by atoms with van der Waals surface area (Å²) in [5.41, 5.74) is 8.72. The normalized spacial score (nSPS) is 18.1. The summed E-state index contributed by atoms with van der Waals surface area (Å²) >= 11 is 0. The van der Waals surface area contributed by atoms with Gasteiger partial charge in [-0.05, 0) is 29.8 Å². The van der Waals surface area contributed by atoms with Gasteiger partial charge in [0.25, 0.3) is 0 Å². The third kappa shape index (κ3) is 3.75. The Bertz CT molecular complexity index is 1080. The highest BCUT2D eigenvalue weighted by Gasteiger charge is 2.29. The van der Waals surface area contributed by atoms with Crippen LogP contribution in [-0.2, 0) is 11.2 Å². The van der Waals surface area contributed by atoms with Crippen molar-refractivity contribution in [3.8, 4) is 5.75 Å². The van der Waals surface area contributed by atoms with E-state index in [4.69, 9.17) is 4.74 Å². The summed E-state index contributed by atoms with van der Waals surface area (Å²) in [7, 11) is 0. The SMILES string of the molecule is Oc1c(F)cc2c(c1F)N(c1ccc(N3CCO[C@@H](Cc4ccccc4)C3)cc1)NN2. The number of nitrogens with one attached hydrogen (secondary N) is 2. The molecule has 2 heterocycles. The first-order chi connectivity index (χ1) is 15.1. The van der Waals surface area contributed by atoms with Gasteiger partial charge in [0, 0.05) is 31.3 Å². The molecule has 6 nitrogen and oxygen atoms in total. The van der Waals surface area contributed by atoms with E-state index in [1.54, 1.807) is 0 Å². The van der Waals surface area contributed by atoms with Gasteiger partial charge < -0.3 is 20.2 Å². The lowest BCUT2D eigenvalue weighted by Gasteiger charge is -2.35. The number of ether oxygens (including phenoxy) is 1. The minimum atomic E-state index is -1.02. The molecule has 0 bridgehead atoms. The average Bonchev–Trinajstić information content (AvgIpc) is 3.22. The van der Waals surface area contributed by atoms with Gasteiger partial charge in [-0.25, -0.2) is 8.78 Å². The topological polar surface area (TPSA) is 60.0 Å². The lowest BCUT2D eigenvalue weighted by Crippen LogP contribution is -2.43. The van der Waals surface area contributed by atoms with E-state index in [1.807, 2.05) is 42.5 Å². The number of benzene rings is 3. The minimum Gasteiger partial charge on any atom is -0.503 e. The van der Waals surface area contributed by atoms with E-state index in [9.17, 15) is 13.9 Å². The molecule has 3 aromatic carbocycles. The quantitative estimate of drug-likeness (QED) is 0.549. The molecule has 2 aliphatic rings. The molecule has 0 saturated carbocycles. The van der Waals surface area contributed by atoms with Crippen molar-refractivity contribution in [2.24, 2.45) is 0 Å². The first kappa shape index (κ1) is 19.6. The molecule has 160 valence electrons. The highest BCUT2D eigenvalue weighted by Crippen LogP contribution is 2.41. The summed E-state index contributed by atoms with van der Waals surface area (Å²) < 4.78 is 34.0. The van der Waals surface area contributed by atoms with Gasteiger partial charge in [-0.3, -0.25) is 5.01 Å². The molecule has 1 atom stereocenters. The molecular formula is C23H22F2N4O2. The van der Waals surface area contributed by atoms with E-state index >= 15 is 0 Å². The third-order valence-electron chi connectivity index (χ3n) is 5.61. The van der Waals surface area contributed by atoms with Crippen LogP contribution in [0.3, 0.4) is 0 Å². The monoisotopic (exact) mass is 424 g/mol. The van der Waals surface area contributed by atoms with E-state index < -0.39 is 17.4 Å². The molecular weight excluding hydrogens is 402 g/mol. The number of hydrogen-bond donors (Lipinski definition) is 3. The predicted molar refractivity (Wildman–Crippen MR) is 115 cm³/mol. The molecule has 5 rings (SSSR count). The standard InChI is InChI=1S/C23H22F2N4O2/c24-19-13-20-22(21(25)23(19)30)29(27-26-20)17-8-6-16(7-9-17)28-10-11-31-18(14-28)12-15-4-2-1-3-5-15/h1-9,13,18,26-27,30H,10-12,14H2/t18-/m0/s1. The first-order valence-electron chi connectivity index (χ1n) is 10.1. The number of hydrazine groups is 2. The number of anilines is 4. The van der Waals surface area contributed by atoms with Crippen LogP contribution in [0.5, 0.6) is 5.75 Å².